The lowest BCUT2D eigenvalue weighted by atomic mass is 10.2. The van der Waals surface area contributed by atoms with Crippen LogP contribution in [0.3, 0.4) is 0 Å². The van der Waals surface area contributed by atoms with Crippen LogP contribution in [0.5, 0.6) is 0 Å². The fourth-order valence-electron chi connectivity index (χ4n) is 2.35. The summed E-state index contributed by atoms with van der Waals surface area (Å²) in [6, 6.07) is 11.3. The Labute approximate surface area is 140 Å². The number of aldehydes is 1. The summed E-state index contributed by atoms with van der Waals surface area (Å²) in [7, 11) is 0. The van der Waals surface area contributed by atoms with E-state index >= 15 is 0 Å². The summed E-state index contributed by atoms with van der Waals surface area (Å²) in [6.45, 7) is 0.580. The first kappa shape index (κ1) is 14.6. The monoisotopic (exact) mass is 381 g/mol. The van der Waals surface area contributed by atoms with Crippen molar-refractivity contribution in [3.63, 3.8) is 0 Å². The van der Waals surface area contributed by atoms with Gasteiger partial charge in [-0.3, -0.25) is 4.79 Å². The third-order valence-electron chi connectivity index (χ3n) is 3.36. The molecule has 21 heavy (non-hydrogen) atoms. The Morgan fingerprint density at radius 3 is 2.67 bits per heavy atom. The normalized spacial score (nSPS) is 11.0. The van der Waals surface area contributed by atoms with Gasteiger partial charge in [-0.25, -0.2) is 0 Å². The van der Waals surface area contributed by atoms with Crippen molar-refractivity contribution in [2.45, 2.75) is 6.54 Å². The topological polar surface area (TPSA) is 22.0 Å². The molecule has 0 unspecified atom stereocenters. The van der Waals surface area contributed by atoms with Crippen molar-refractivity contribution >= 4 is 56.3 Å². The summed E-state index contributed by atoms with van der Waals surface area (Å²) in [4.78, 5) is 11.2. The molecule has 2 nitrogen and oxygen atoms in total. The van der Waals surface area contributed by atoms with Gasteiger partial charge in [0.05, 0.1) is 5.52 Å². The molecule has 0 aliphatic rings. The van der Waals surface area contributed by atoms with E-state index in [1.54, 1.807) is 6.07 Å². The maximum atomic E-state index is 11.2. The summed E-state index contributed by atoms with van der Waals surface area (Å²) < 4.78 is 2.92. The molecule has 0 N–H and O–H groups in total. The van der Waals surface area contributed by atoms with E-state index in [9.17, 15) is 4.79 Å². The number of hydrogen-bond donors (Lipinski definition) is 0. The number of halogens is 3. The summed E-state index contributed by atoms with van der Waals surface area (Å²) in [5.74, 6) is 0. The summed E-state index contributed by atoms with van der Waals surface area (Å²) in [5, 5.41) is 2.21. The minimum absolute atomic E-state index is 0.580. The molecule has 0 fully saturated rings. The van der Waals surface area contributed by atoms with E-state index in [1.165, 1.54) is 0 Å². The second-order valence-corrected chi connectivity index (χ2v) is 6.49. The highest BCUT2D eigenvalue weighted by Crippen LogP contribution is 2.27. The molecule has 2 aromatic carbocycles. The molecule has 0 bridgehead atoms. The van der Waals surface area contributed by atoms with E-state index in [1.807, 2.05) is 41.1 Å². The zero-order valence-corrected chi connectivity index (χ0v) is 13.9. The molecule has 106 valence electrons. The number of fused-ring (bicyclic) bond motifs is 1. The minimum atomic E-state index is 0.580. The summed E-state index contributed by atoms with van der Waals surface area (Å²) in [6.07, 6.45) is 2.68. The molecule has 3 rings (SSSR count). The number of nitrogens with zero attached hydrogens (tertiary/aromatic N) is 1. The molecule has 0 saturated carbocycles. The van der Waals surface area contributed by atoms with Crippen LogP contribution in [0, 0.1) is 0 Å². The van der Waals surface area contributed by atoms with Gasteiger partial charge in [0.25, 0.3) is 0 Å². The Kier molecular flexibility index (Phi) is 4.07. The zero-order chi connectivity index (χ0) is 15.0. The van der Waals surface area contributed by atoms with Crippen LogP contribution >= 0.6 is 39.1 Å². The van der Waals surface area contributed by atoms with Crippen LogP contribution in [-0.2, 0) is 6.54 Å². The van der Waals surface area contributed by atoms with Crippen molar-refractivity contribution in [2.75, 3.05) is 0 Å². The van der Waals surface area contributed by atoms with Gasteiger partial charge in [0, 0.05) is 38.2 Å². The maximum Gasteiger partial charge on any atom is 0.152 e. The van der Waals surface area contributed by atoms with Crippen LogP contribution in [0.4, 0.5) is 0 Å². The highest BCUT2D eigenvalue weighted by molar-refractivity contribution is 9.10. The average Bonchev–Trinajstić information content (AvgIpc) is 2.79. The number of aromatic nitrogens is 1. The molecule has 0 amide bonds. The standard InChI is InChI=1S/C16H10BrCl2NO/c17-12-2-1-10(15(19)5-12)7-20-8-11(9-21)14-4-3-13(18)6-16(14)20/h1-6,8-9H,7H2. The fourth-order valence-corrected chi connectivity index (χ4v) is 3.25. The van der Waals surface area contributed by atoms with E-state index in [0.29, 0.717) is 22.2 Å². The van der Waals surface area contributed by atoms with Crippen molar-refractivity contribution in [1.29, 1.82) is 0 Å². The maximum absolute atomic E-state index is 11.2. The van der Waals surface area contributed by atoms with Gasteiger partial charge in [-0.05, 0) is 29.8 Å². The Bertz CT molecular complexity index is 842. The number of benzene rings is 2. The molecule has 3 aromatic rings. The Balaban J connectivity index is 2.11. The summed E-state index contributed by atoms with van der Waals surface area (Å²) >= 11 is 15.7. The molecule has 1 aromatic heterocycles. The Morgan fingerprint density at radius 2 is 1.95 bits per heavy atom. The van der Waals surface area contributed by atoms with Gasteiger partial charge >= 0.3 is 0 Å². The van der Waals surface area contributed by atoms with Crippen LogP contribution in [-0.4, -0.2) is 10.9 Å². The van der Waals surface area contributed by atoms with Gasteiger partial charge < -0.3 is 4.57 Å². The predicted molar refractivity (Wildman–Crippen MR) is 90.6 cm³/mol. The molecule has 1 heterocycles. The van der Waals surface area contributed by atoms with Crippen LogP contribution < -0.4 is 0 Å². The lowest BCUT2D eigenvalue weighted by molar-refractivity contribution is 0.112. The fraction of sp³-hybridized carbons (Fsp3) is 0.0625. The van der Waals surface area contributed by atoms with Crippen molar-refractivity contribution < 1.29 is 4.79 Å². The Morgan fingerprint density at radius 1 is 1.14 bits per heavy atom. The number of rotatable bonds is 3. The molecule has 5 heteroatoms. The van der Waals surface area contributed by atoms with Crippen LogP contribution in [0.2, 0.25) is 10.0 Å². The van der Waals surface area contributed by atoms with Crippen LogP contribution in [0.15, 0.2) is 47.1 Å². The van der Waals surface area contributed by atoms with E-state index in [4.69, 9.17) is 23.2 Å². The number of carbonyl (C=O) groups excluding carboxylic acids is 1. The lowest BCUT2D eigenvalue weighted by Crippen LogP contribution is -1.98. The lowest BCUT2D eigenvalue weighted by Gasteiger charge is -2.08. The van der Waals surface area contributed by atoms with Gasteiger partial charge in [0.1, 0.15) is 0 Å². The second kappa shape index (κ2) is 5.84. The van der Waals surface area contributed by atoms with Gasteiger partial charge in [-0.15, -0.1) is 0 Å². The number of hydrogen-bond acceptors (Lipinski definition) is 1. The van der Waals surface area contributed by atoms with E-state index in [2.05, 4.69) is 15.9 Å². The van der Waals surface area contributed by atoms with Gasteiger partial charge in [-0.1, -0.05) is 51.3 Å². The molecule has 0 aliphatic heterocycles. The quantitative estimate of drug-likeness (QED) is 0.542. The molecule has 0 aliphatic carbocycles. The zero-order valence-electron chi connectivity index (χ0n) is 10.8. The first-order chi connectivity index (χ1) is 10.1. The number of carbonyl (C=O) groups is 1. The highest BCUT2D eigenvalue weighted by atomic mass is 79.9. The highest BCUT2D eigenvalue weighted by Gasteiger charge is 2.10. The smallest absolute Gasteiger partial charge is 0.152 e. The van der Waals surface area contributed by atoms with Gasteiger partial charge in [-0.2, -0.15) is 0 Å². The first-order valence-corrected chi connectivity index (χ1v) is 7.81. The second-order valence-electron chi connectivity index (χ2n) is 4.73. The average molecular weight is 383 g/mol. The molecular formula is C16H10BrCl2NO. The SMILES string of the molecule is O=Cc1cn(Cc2ccc(Br)cc2Cl)c2cc(Cl)ccc12. The van der Waals surface area contributed by atoms with Crippen molar-refractivity contribution in [3.05, 3.63) is 68.2 Å². The van der Waals surface area contributed by atoms with Crippen molar-refractivity contribution in [3.8, 4) is 0 Å². The van der Waals surface area contributed by atoms with Crippen LogP contribution in [0.1, 0.15) is 15.9 Å². The predicted octanol–water partition coefficient (Wildman–Crippen LogP) is 5.57. The van der Waals surface area contributed by atoms with Gasteiger partial charge in [0.15, 0.2) is 6.29 Å². The minimum Gasteiger partial charge on any atom is -0.342 e. The molecule has 0 radical (unpaired) electrons. The third-order valence-corrected chi connectivity index (χ3v) is 4.44. The van der Waals surface area contributed by atoms with E-state index in [-0.39, 0.29) is 0 Å². The van der Waals surface area contributed by atoms with E-state index in [0.717, 1.165) is 27.2 Å². The van der Waals surface area contributed by atoms with Crippen LogP contribution in [0.25, 0.3) is 10.9 Å². The molecular weight excluding hydrogens is 373 g/mol. The van der Waals surface area contributed by atoms with Crippen molar-refractivity contribution in [2.24, 2.45) is 0 Å². The third kappa shape index (κ3) is 2.86. The Hall–Kier alpha value is -1.29. The van der Waals surface area contributed by atoms with Gasteiger partial charge in [0.2, 0.25) is 0 Å². The molecule has 0 saturated heterocycles. The molecule has 0 atom stereocenters. The largest absolute Gasteiger partial charge is 0.342 e. The summed E-state index contributed by atoms with van der Waals surface area (Å²) in [5.41, 5.74) is 2.55. The molecule has 0 spiro atoms. The first-order valence-electron chi connectivity index (χ1n) is 6.26. The van der Waals surface area contributed by atoms with Crippen molar-refractivity contribution in [1.82, 2.24) is 4.57 Å². The van der Waals surface area contributed by atoms with E-state index < -0.39 is 0 Å².